The van der Waals surface area contributed by atoms with Crippen LogP contribution in [0.15, 0.2) is 0 Å². The van der Waals surface area contributed by atoms with E-state index in [0.717, 1.165) is 32.5 Å². The van der Waals surface area contributed by atoms with Gasteiger partial charge in [0.05, 0.1) is 6.10 Å². The molecule has 0 amide bonds. The van der Waals surface area contributed by atoms with Crippen molar-refractivity contribution in [3.63, 3.8) is 0 Å². The summed E-state index contributed by atoms with van der Waals surface area (Å²) in [6.07, 6.45) is 3.84. The van der Waals surface area contributed by atoms with Gasteiger partial charge in [-0.25, -0.2) is 0 Å². The summed E-state index contributed by atoms with van der Waals surface area (Å²) in [6, 6.07) is 0.621. The summed E-state index contributed by atoms with van der Waals surface area (Å²) in [6.45, 7) is 11.5. The molecular weight excluding hydrogens is 200 g/mol. The standard InChI is InChI=1S/C13H28N2O/c1-5-11(4)15(6-2)13(10-14)8-12(9-13)16-7-3/h11-12H,5-10,14H2,1-4H3. The molecule has 16 heavy (non-hydrogen) atoms. The molecule has 0 aliphatic heterocycles. The Kier molecular flexibility index (Phi) is 5.22. The molecule has 0 bridgehead atoms. The van der Waals surface area contributed by atoms with Crippen molar-refractivity contribution in [3.05, 3.63) is 0 Å². The van der Waals surface area contributed by atoms with E-state index in [0.29, 0.717) is 12.1 Å². The van der Waals surface area contributed by atoms with Crippen LogP contribution in [0.4, 0.5) is 0 Å². The van der Waals surface area contributed by atoms with Crippen LogP contribution in [-0.2, 0) is 4.74 Å². The lowest BCUT2D eigenvalue weighted by molar-refractivity contribution is -0.110. The third-order valence-electron chi connectivity index (χ3n) is 4.07. The van der Waals surface area contributed by atoms with Crippen molar-refractivity contribution in [3.8, 4) is 0 Å². The van der Waals surface area contributed by atoms with Gasteiger partial charge in [-0.1, -0.05) is 13.8 Å². The third-order valence-corrected chi connectivity index (χ3v) is 4.07. The molecule has 0 spiro atoms. The fourth-order valence-corrected chi connectivity index (χ4v) is 2.99. The van der Waals surface area contributed by atoms with Crippen molar-refractivity contribution in [2.75, 3.05) is 19.7 Å². The number of hydrogen-bond donors (Lipinski definition) is 1. The van der Waals surface area contributed by atoms with E-state index in [2.05, 4.69) is 32.6 Å². The summed E-state index contributed by atoms with van der Waals surface area (Å²) in [5, 5.41) is 0. The van der Waals surface area contributed by atoms with Gasteiger partial charge in [0, 0.05) is 24.7 Å². The van der Waals surface area contributed by atoms with Crippen molar-refractivity contribution in [2.24, 2.45) is 5.73 Å². The molecule has 1 rings (SSSR count). The zero-order valence-corrected chi connectivity index (χ0v) is 11.3. The Balaban J connectivity index is 2.60. The van der Waals surface area contributed by atoms with Crippen molar-refractivity contribution < 1.29 is 4.74 Å². The van der Waals surface area contributed by atoms with Gasteiger partial charge >= 0.3 is 0 Å². The number of rotatable bonds is 7. The van der Waals surface area contributed by atoms with Crippen molar-refractivity contribution in [2.45, 2.75) is 64.6 Å². The van der Waals surface area contributed by atoms with Crippen LogP contribution in [0, 0.1) is 0 Å². The first kappa shape index (κ1) is 13.9. The fourth-order valence-electron chi connectivity index (χ4n) is 2.99. The minimum atomic E-state index is 0.212. The van der Waals surface area contributed by atoms with Gasteiger partial charge in [0.25, 0.3) is 0 Å². The molecule has 3 heteroatoms. The Morgan fingerprint density at radius 3 is 2.38 bits per heavy atom. The molecule has 0 heterocycles. The molecule has 0 aromatic carbocycles. The summed E-state index contributed by atoms with van der Waals surface area (Å²) in [4.78, 5) is 2.57. The summed E-state index contributed by atoms with van der Waals surface area (Å²) in [5.41, 5.74) is 6.21. The normalized spacial score (nSPS) is 31.5. The highest BCUT2D eigenvalue weighted by Crippen LogP contribution is 2.40. The maximum atomic E-state index is 6.00. The van der Waals surface area contributed by atoms with Crippen LogP contribution in [-0.4, -0.2) is 42.3 Å². The van der Waals surface area contributed by atoms with E-state index in [1.807, 2.05) is 0 Å². The zero-order chi connectivity index (χ0) is 12.2. The van der Waals surface area contributed by atoms with E-state index in [1.54, 1.807) is 0 Å². The van der Waals surface area contributed by atoms with Crippen LogP contribution >= 0.6 is 0 Å². The van der Waals surface area contributed by atoms with Crippen molar-refractivity contribution in [1.29, 1.82) is 0 Å². The van der Waals surface area contributed by atoms with E-state index in [1.165, 1.54) is 6.42 Å². The largest absolute Gasteiger partial charge is 0.378 e. The van der Waals surface area contributed by atoms with Gasteiger partial charge in [-0.05, 0) is 39.7 Å². The van der Waals surface area contributed by atoms with E-state index < -0.39 is 0 Å². The van der Waals surface area contributed by atoms with Crippen LogP contribution in [0.25, 0.3) is 0 Å². The van der Waals surface area contributed by atoms with E-state index in [4.69, 9.17) is 10.5 Å². The molecular formula is C13H28N2O. The molecule has 0 aromatic heterocycles. The maximum absolute atomic E-state index is 6.00. The van der Waals surface area contributed by atoms with Gasteiger partial charge in [-0.3, -0.25) is 4.90 Å². The maximum Gasteiger partial charge on any atom is 0.0611 e. The molecule has 1 saturated carbocycles. The summed E-state index contributed by atoms with van der Waals surface area (Å²) in [7, 11) is 0. The zero-order valence-electron chi connectivity index (χ0n) is 11.3. The SMILES string of the molecule is CCOC1CC(CN)(N(CC)C(C)CC)C1. The number of nitrogens with two attached hydrogens (primary N) is 1. The van der Waals surface area contributed by atoms with Gasteiger partial charge in [0.15, 0.2) is 0 Å². The first-order chi connectivity index (χ1) is 7.63. The van der Waals surface area contributed by atoms with Crippen LogP contribution in [0.1, 0.15) is 47.0 Å². The van der Waals surface area contributed by atoms with Gasteiger partial charge in [-0.15, -0.1) is 0 Å². The highest BCUT2D eigenvalue weighted by Gasteiger charge is 2.48. The second-order valence-electron chi connectivity index (χ2n) is 4.96. The number of likely N-dealkylation sites (N-methyl/N-ethyl adjacent to an activating group) is 1. The number of nitrogens with zero attached hydrogens (tertiary/aromatic N) is 1. The Morgan fingerprint density at radius 2 is 2.00 bits per heavy atom. The minimum Gasteiger partial charge on any atom is -0.378 e. The topological polar surface area (TPSA) is 38.5 Å². The Hall–Kier alpha value is -0.120. The van der Waals surface area contributed by atoms with Gasteiger partial charge < -0.3 is 10.5 Å². The molecule has 96 valence electrons. The monoisotopic (exact) mass is 228 g/mol. The van der Waals surface area contributed by atoms with Crippen molar-refractivity contribution >= 4 is 0 Å². The lowest BCUT2D eigenvalue weighted by atomic mass is 9.72. The van der Waals surface area contributed by atoms with Crippen LogP contribution < -0.4 is 5.73 Å². The first-order valence-electron chi connectivity index (χ1n) is 6.71. The number of ether oxygens (including phenoxy) is 1. The molecule has 1 atom stereocenters. The van der Waals surface area contributed by atoms with E-state index in [9.17, 15) is 0 Å². The quantitative estimate of drug-likeness (QED) is 0.724. The lowest BCUT2D eigenvalue weighted by Gasteiger charge is -2.55. The van der Waals surface area contributed by atoms with E-state index >= 15 is 0 Å². The molecule has 1 aliphatic rings. The lowest BCUT2D eigenvalue weighted by Crippen LogP contribution is -2.65. The minimum absolute atomic E-state index is 0.212. The molecule has 3 nitrogen and oxygen atoms in total. The smallest absolute Gasteiger partial charge is 0.0611 e. The predicted molar refractivity (Wildman–Crippen MR) is 68.6 cm³/mol. The average Bonchev–Trinajstić information content (AvgIpc) is 2.25. The third kappa shape index (κ3) is 2.58. The van der Waals surface area contributed by atoms with Crippen LogP contribution in [0.2, 0.25) is 0 Å². The van der Waals surface area contributed by atoms with Gasteiger partial charge in [-0.2, -0.15) is 0 Å². The Morgan fingerprint density at radius 1 is 1.38 bits per heavy atom. The highest BCUT2D eigenvalue weighted by atomic mass is 16.5. The average molecular weight is 228 g/mol. The van der Waals surface area contributed by atoms with Crippen LogP contribution in [0.5, 0.6) is 0 Å². The second-order valence-corrected chi connectivity index (χ2v) is 4.96. The van der Waals surface area contributed by atoms with Crippen molar-refractivity contribution in [1.82, 2.24) is 4.90 Å². The summed E-state index contributed by atoms with van der Waals surface area (Å²) in [5.74, 6) is 0. The molecule has 0 saturated heterocycles. The molecule has 0 aromatic rings. The molecule has 2 N–H and O–H groups in total. The first-order valence-corrected chi connectivity index (χ1v) is 6.71. The molecule has 1 unspecified atom stereocenters. The summed E-state index contributed by atoms with van der Waals surface area (Å²) < 4.78 is 5.66. The number of hydrogen-bond acceptors (Lipinski definition) is 3. The Labute approximate surface area is 100 Å². The van der Waals surface area contributed by atoms with Gasteiger partial charge in [0.1, 0.15) is 0 Å². The molecule has 1 fully saturated rings. The highest BCUT2D eigenvalue weighted by molar-refractivity contribution is 5.05. The molecule has 0 radical (unpaired) electrons. The summed E-state index contributed by atoms with van der Waals surface area (Å²) >= 11 is 0. The van der Waals surface area contributed by atoms with Crippen LogP contribution in [0.3, 0.4) is 0 Å². The predicted octanol–water partition coefficient (Wildman–Crippen LogP) is 2.00. The Bertz CT molecular complexity index is 202. The second kappa shape index (κ2) is 5.99. The fraction of sp³-hybridized carbons (Fsp3) is 1.00. The van der Waals surface area contributed by atoms with E-state index in [-0.39, 0.29) is 5.54 Å². The molecule has 1 aliphatic carbocycles. The van der Waals surface area contributed by atoms with Gasteiger partial charge in [0.2, 0.25) is 0 Å².